The summed E-state index contributed by atoms with van der Waals surface area (Å²) in [5.74, 6) is -1.62. The molecule has 0 amide bonds. The molecule has 10 atom stereocenters. The molecule has 0 bridgehead atoms. The fraction of sp³-hybridized carbons (Fsp3) is 0.741. The highest BCUT2D eigenvalue weighted by Crippen LogP contribution is 2.45. The van der Waals surface area contributed by atoms with E-state index in [-0.39, 0.29) is 12.7 Å². The van der Waals surface area contributed by atoms with E-state index in [1.807, 2.05) is 65.0 Å². The predicted octanol–water partition coefficient (Wildman–Crippen LogP) is 4.19. The number of fused-ring (bicyclic) bond motifs is 3. The van der Waals surface area contributed by atoms with E-state index in [2.05, 4.69) is 0 Å². The Labute approximate surface area is 238 Å². The Morgan fingerprint density at radius 3 is 2.28 bits per heavy atom. The molecule has 0 aliphatic carbocycles. The van der Waals surface area contributed by atoms with E-state index in [9.17, 15) is 4.79 Å². The summed E-state index contributed by atoms with van der Waals surface area (Å²) >= 11 is 2.53. The van der Waals surface area contributed by atoms with Gasteiger partial charge in [-0.3, -0.25) is 0 Å². The van der Waals surface area contributed by atoms with Crippen molar-refractivity contribution in [3.63, 3.8) is 0 Å². The summed E-state index contributed by atoms with van der Waals surface area (Å²) in [7, 11) is 1.59. The molecule has 0 spiro atoms. The Morgan fingerprint density at radius 1 is 0.923 bits per heavy atom. The summed E-state index contributed by atoms with van der Waals surface area (Å²) in [6.45, 7) is 9.45. The molecule has 4 fully saturated rings. The lowest BCUT2D eigenvalue weighted by molar-refractivity contribution is -0.278. The number of rotatable bonds is 7. The van der Waals surface area contributed by atoms with Crippen molar-refractivity contribution in [2.75, 3.05) is 20.0 Å². The minimum atomic E-state index is -0.813. The van der Waals surface area contributed by atoms with Crippen LogP contribution >= 0.6 is 23.5 Å². The second-order valence-electron chi connectivity index (χ2n) is 10.9. The molecule has 10 nitrogen and oxygen atoms in total. The summed E-state index contributed by atoms with van der Waals surface area (Å²) in [5.41, 5.74) is 0. The topological polar surface area (TPSA) is 100 Å². The van der Waals surface area contributed by atoms with E-state index in [1.165, 1.54) is 11.8 Å². The maximum Gasteiger partial charge on any atom is 0.367 e. The van der Waals surface area contributed by atoms with Gasteiger partial charge in [-0.2, -0.15) is 0 Å². The van der Waals surface area contributed by atoms with E-state index in [0.29, 0.717) is 0 Å². The lowest BCUT2D eigenvalue weighted by Crippen LogP contribution is -2.60. The Morgan fingerprint density at radius 2 is 1.59 bits per heavy atom. The van der Waals surface area contributed by atoms with Crippen LogP contribution in [0.3, 0.4) is 0 Å². The number of carbonyl (C=O) groups is 1. The Kier molecular flexibility index (Phi) is 8.90. The van der Waals surface area contributed by atoms with E-state index < -0.39 is 71.3 Å². The highest BCUT2D eigenvalue weighted by molar-refractivity contribution is 8.12. The standard InChI is InChI=1S/C27H38O10S2/c1-14-17(29-6)20(33-25(28)38-7)22(39-15-11-9-8-10-12-15)24(31-14)30-13-16-18-19(35-26(2,3)34-18)21-23(32-16)37-27(4,5)36-21/h8-12,14,16-24H,13H2,1-7H3/t14-,16+,17-,18-,19-,20+,21+,22-,23+,24-/m0/s1. The second-order valence-corrected chi connectivity index (χ2v) is 12.9. The maximum absolute atomic E-state index is 12.4. The molecule has 0 radical (unpaired) electrons. The molecule has 4 aliphatic rings. The first-order valence-corrected chi connectivity index (χ1v) is 15.2. The largest absolute Gasteiger partial charge is 0.450 e. The second kappa shape index (κ2) is 11.7. The van der Waals surface area contributed by atoms with Crippen LogP contribution in [0.1, 0.15) is 34.6 Å². The Bertz CT molecular complexity index is 994. The lowest BCUT2D eigenvalue weighted by Gasteiger charge is -2.45. The monoisotopic (exact) mass is 586 g/mol. The summed E-state index contributed by atoms with van der Waals surface area (Å²) in [5, 5.41) is -0.809. The number of hydrogen-bond acceptors (Lipinski definition) is 12. The van der Waals surface area contributed by atoms with Crippen molar-refractivity contribution in [2.24, 2.45) is 0 Å². The normalized spacial score (nSPS) is 40.6. The van der Waals surface area contributed by atoms with Crippen molar-refractivity contribution in [1.29, 1.82) is 0 Å². The third kappa shape index (κ3) is 6.45. The lowest BCUT2D eigenvalue weighted by atomic mass is 9.99. The molecule has 12 heteroatoms. The zero-order valence-electron chi connectivity index (χ0n) is 23.3. The van der Waals surface area contributed by atoms with Crippen molar-refractivity contribution in [1.82, 2.24) is 0 Å². The number of benzene rings is 1. The van der Waals surface area contributed by atoms with Gasteiger partial charge in [0.1, 0.15) is 41.9 Å². The zero-order valence-corrected chi connectivity index (χ0v) is 24.9. The SMILES string of the molecule is CO[C@@H]1[C@@H](OC(=O)SC)[C@H](Sc2ccccc2)[C@@H](OC[C@H]2O[C@@H]3OC(C)(C)O[C@@H]3[C@H]3OC(C)(C)O[C@H]32)O[C@H]1C. The smallest absolute Gasteiger partial charge is 0.367 e. The van der Waals surface area contributed by atoms with Crippen LogP contribution < -0.4 is 0 Å². The van der Waals surface area contributed by atoms with Crippen LogP contribution in [0.4, 0.5) is 4.79 Å². The highest BCUT2D eigenvalue weighted by Gasteiger charge is 2.61. The van der Waals surface area contributed by atoms with Gasteiger partial charge in [-0.15, -0.1) is 11.8 Å². The van der Waals surface area contributed by atoms with Crippen molar-refractivity contribution in [2.45, 2.75) is 112 Å². The number of thioether (sulfide) groups is 2. The fourth-order valence-electron chi connectivity index (χ4n) is 5.52. The molecule has 4 saturated heterocycles. The average molecular weight is 587 g/mol. The molecule has 0 N–H and O–H groups in total. The molecule has 4 heterocycles. The summed E-state index contributed by atoms with van der Waals surface area (Å²) in [6.07, 6.45) is -2.91. The molecule has 39 heavy (non-hydrogen) atoms. The molecule has 1 aromatic carbocycles. The Balaban J connectivity index is 1.37. The number of carbonyl (C=O) groups excluding carboxylic acids is 1. The molecular formula is C27H38O10S2. The maximum atomic E-state index is 12.4. The number of methoxy groups -OCH3 is 1. The van der Waals surface area contributed by atoms with E-state index >= 15 is 0 Å². The van der Waals surface area contributed by atoms with E-state index in [4.69, 9.17) is 42.6 Å². The number of ether oxygens (including phenoxy) is 9. The first-order chi connectivity index (χ1) is 18.5. The van der Waals surface area contributed by atoms with Gasteiger partial charge in [0.2, 0.25) is 0 Å². The molecule has 5 rings (SSSR count). The molecule has 1 aromatic rings. The van der Waals surface area contributed by atoms with Crippen LogP contribution in [0.2, 0.25) is 0 Å². The first-order valence-electron chi connectivity index (χ1n) is 13.1. The average Bonchev–Trinajstić information content (AvgIpc) is 3.38. The van der Waals surface area contributed by atoms with Gasteiger partial charge in [-0.1, -0.05) is 18.2 Å². The van der Waals surface area contributed by atoms with Crippen LogP contribution in [0, 0.1) is 0 Å². The van der Waals surface area contributed by atoms with Crippen molar-refractivity contribution < 1.29 is 47.4 Å². The van der Waals surface area contributed by atoms with Crippen molar-refractivity contribution in [3.05, 3.63) is 30.3 Å². The molecule has 0 saturated carbocycles. The molecular weight excluding hydrogens is 548 g/mol. The third-order valence-electron chi connectivity index (χ3n) is 7.09. The van der Waals surface area contributed by atoms with Crippen LogP contribution in [0.5, 0.6) is 0 Å². The Hall–Kier alpha value is -0.930. The first kappa shape index (κ1) is 29.6. The van der Waals surface area contributed by atoms with E-state index in [1.54, 1.807) is 13.4 Å². The van der Waals surface area contributed by atoms with Gasteiger partial charge in [-0.05, 0) is 64.8 Å². The molecule has 4 aliphatic heterocycles. The molecule has 218 valence electrons. The van der Waals surface area contributed by atoms with Gasteiger partial charge in [0.25, 0.3) is 0 Å². The molecule has 0 aromatic heterocycles. The zero-order chi connectivity index (χ0) is 27.9. The predicted molar refractivity (Wildman–Crippen MR) is 143 cm³/mol. The van der Waals surface area contributed by atoms with Crippen molar-refractivity contribution in [3.8, 4) is 0 Å². The number of hydrogen-bond donors (Lipinski definition) is 0. The minimum Gasteiger partial charge on any atom is -0.450 e. The molecule has 0 unspecified atom stereocenters. The van der Waals surface area contributed by atoms with Gasteiger partial charge in [0.15, 0.2) is 24.2 Å². The third-order valence-corrected chi connectivity index (χ3v) is 8.83. The van der Waals surface area contributed by atoms with E-state index in [0.717, 1.165) is 16.7 Å². The van der Waals surface area contributed by atoms with Crippen molar-refractivity contribution >= 4 is 28.8 Å². The van der Waals surface area contributed by atoms with Crippen LogP contribution in [-0.4, -0.2) is 97.4 Å². The van der Waals surface area contributed by atoms with Gasteiger partial charge >= 0.3 is 5.30 Å². The highest BCUT2D eigenvalue weighted by atomic mass is 32.2. The van der Waals surface area contributed by atoms with Crippen LogP contribution in [0.25, 0.3) is 0 Å². The summed E-state index contributed by atoms with van der Waals surface area (Å²) in [6, 6.07) is 9.85. The van der Waals surface area contributed by atoms with Gasteiger partial charge in [-0.25, -0.2) is 4.79 Å². The van der Waals surface area contributed by atoms with Gasteiger partial charge < -0.3 is 42.6 Å². The summed E-state index contributed by atoms with van der Waals surface area (Å²) < 4.78 is 55.3. The van der Waals surface area contributed by atoms with Crippen LogP contribution in [-0.2, 0) is 42.6 Å². The quantitative estimate of drug-likeness (QED) is 0.428. The fourth-order valence-corrected chi connectivity index (χ4v) is 6.96. The van der Waals surface area contributed by atoms with Crippen LogP contribution in [0.15, 0.2) is 35.2 Å². The van der Waals surface area contributed by atoms with Gasteiger partial charge in [0, 0.05) is 12.0 Å². The van der Waals surface area contributed by atoms with Gasteiger partial charge in [0.05, 0.1) is 12.7 Å². The summed E-state index contributed by atoms with van der Waals surface area (Å²) in [4.78, 5) is 13.4. The minimum absolute atomic E-state index is 0.137.